The number of rotatable bonds is 1. The maximum Gasteiger partial charge on any atom is 0.251 e. The topological polar surface area (TPSA) is 67.2 Å². The van der Waals surface area contributed by atoms with Gasteiger partial charge in [-0.25, -0.2) is 4.68 Å². The zero-order valence-corrected chi connectivity index (χ0v) is 9.69. The minimum atomic E-state index is -0.685. The van der Waals surface area contributed by atoms with Crippen LogP contribution in [-0.2, 0) is 16.9 Å². The van der Waals surface area contributed by atoms with Crippen LogP contribution in [-0.4, -0.2) is 20.8 Å². The highest BCUT2D eigenvalue weighted by Gasteiger charge is 2.36. The molecule has 0 saturated heterocycles. The smallest absolute Gasteiger partial charge is 0.251 e. The van der Waals surface area contributed by atoms with Crippen molar-refractivity contribution in [2.75, 3.05) is 5.32 Å². The van der Waals surface area contributed by atoms with Crippen LogP contribution < -0.4 is 5.32 Å². The number of benzene rings is 1. The van der Waals surface area contributed by atoms with E-state index in [1.165, 1.54) is 0 Å². The number of aromatic nitrogens is 2. The van der Waals surface area contributed by atoms with Crippen LogP contribution in [0.15, 0.2) is 18.3 Å². The first-order chi connectivity index (χ1) is 8.04. The van der Waals surface area contributed by atoms with Crippen LogP contribution >= 0.6 is 0 Å². The fourth-order valence-electron chi connectivity index (χ4n) is 2.21. The molecular formula is C12H13N3O2. The van der Waals surface area contributed by atoms with E-state index in [1.54, 1.807) is 16.9 Å². The lowest BCUT2D eigenvalue weighted by Gasteiger charge is -2.30. The van der Waals surface area contributed by atoms with E-state index in [1.807, 2.05) is 19.9 Å². The van der Waals surface area contributed by atoms with Crippen LogP contribution in [0.5, 0.6) is 0 Å². The largest absolute Gasteiger partial charge is 0.392 e. The van der Waals surface area contributed by atoms with Crippen LogP contribution in [0.4, 0.5) is 5.69 Å². The van der Waals surface area contributed by atoms with Gasteiger partial charge in [0.05, 0.1) is 24.0 Å². The van der Waals surface area contributed by atoms with Crippen molar-refractivity contribution in [2.24, 2.45) is 0 Å². The summed E-state index contributed by atoms with van der Waals surface area (Å²) < 4.78 is 1.73. The molecule has 1 amide bonds. The van der Waals surface area contributed by atoms with Gasteiger partial charge in [0.2, 0.25) is 0 Å². The molecule has 5 nitrogen and oxygen atoms in total. The molecule has 5 heteroatoms. The van der Waals surface area contributed by atoms with Gasteiger partial charge in [-0.3, -0.25) is 4.79 Å². The van der Waals surface area contributed by atoms with Gasteiger partial charge in [0.15, 0.2) is 0 Å². The van der Waals surface area contributed by atoms with E-state index in [9.17, 15) is 9.90 Å². The van der Waals surface area contributed by atoms with E-state index in [4.69, 9.17) is 0 Å². The predicted molar refractivity (Wildman–Crippen MR) is 63.6 cm³/mol. The van der Waals surface area contributed by atoms with Crippen molar-refractivity contribution in [1.29, 1.82) is 0 Å². The normalized spacial score (nSPS) is 17.2. The minimum Gasteiger partial charge on any atom is -0.392 e. The summed E-state index contributed by atoms with van der Waals surface area (Å²) in [6.07, 6.45) is 1.72. The Balaban J connectivity index is 2.38. The summed E-state index contributed by atoms with van der Waals surface area (Å²) in [6.45, 7) is 3.61. The first kappa shape index (κ1) is 10.3. The number of hydrogen-bond donors (Lipinski definition) is 2. The van der Waals surface area contributed by atoms with Gasteiger partial charge in [-0.05, 0) is 31.5 Å². The van der Waals surface area contributed by atoms with E-state index in [-0.39, 0.29) is 12.5 Å². The molecule has 0 unspecified atom stereocenters. The fourth-order valence-corrected chi connectivity index (χ4v) is 2.21. The quantitative estimate of drug-likeness (QED) is 0.775. The molecule has 0 spiro atoms. The maximum absolute atomic E-state index is 12.0. The summed E-state index contributed by atoms with van der Waals surface area (Å²) in [7, 11) is 0. The lowest BCUT2D eigenvalue weighted by molar-refractivity contribution is -0.123. The Hall–Kier alpha value is -1.88. The van der Waals surface area contributed by atoms with Crippen molar-refractivity contribution in [3.8, 4) is 0 Å². The van der Waals surface area contributed by atoms with Crippen molar-refractivity contribution in [2.45, 2.75) is 26.0 Å². The standard InChI is InChI=1S/C12H13N3O2/c1-12(2)11(17)14-9-4-7(6-16)3-8-5-13-15(12)10(8)9/h3-5,16H,6H2,1-2H3,(H,14,17). The molecule has 1 aliphatic rings. The molecule has 1 aromatic heterocycles. The van der Waals surface area contributed by atoms with Crippen LogP contribution in [0.25, 0.3) is 10.9 Å². The number of aliphatic hydroxyl groups is 1. The lowest BCUT2D eigenvalue weighted by atomic mass is 10.00. The van der Waals surface area contributed by atoms with Gasteiger partial charge in [0, 0.05) is 5.39 Å². The maximum atomic E-state index is 12.0. The highest BCUT2D eigenvalue weighted by molar-refractivity contribution is 6.07. The Bertz CT molecular complexity index is 628. The molecule has 0 saturated carbocycles. The SMILES string of the molecule is CC1(C)C(=O)Nc2cc(CO)cc3cnn1c23. The first-order valence-corrected chi connectivity index (χ1v) is 5.47. The van der Waals surface area contributed by atoms with E-state index >= 15 is 0 Å². The van der Waals surface area contributed by atoms with Gasteiger partial charge in [-0.15, -0.1) is 0 Å². The summed E-state index contributed by atoms with van der Waals surface area (Å²) in [5.41, 5.74) is 1.71. The number of nitrogens with zero attached hydrogens (tertiary/aromatic N) is 2. The van der Waals surface area contributed by atoms with Crippen molar-refractivity contribution >= 4 is 22.5 Å². The van der Waals surface area contributed by atoms with E-state index in [0.29, 0.717) is 5.69 Å². The third-order valence-electron chi connectivity index (χ3n) is 3.24. The molecule has 0 aliphatic carbocycles. The van der Waals surface area contributed by atoms with Crippen LogP contribution in [0, 0.1) is 0 Å². The number of amides is 1. The third kappa shape index (κ3) is 1.23. The number of carbonyl (C=O) groups is 1. The number of nitrogens with one attached hydrogen (secondary N) is 1. The molecule has 0 bridgehead atoms. The fraction of sp³-hybridized carbons (Fsp3) is 0.333. The molecule has 1 aliphatic heterocycles. The molecule has 0 radical (unpaired) electrons. The minimum absolute atomic E-state index is 0.0482. The molecule has 88 valence electrons. The summed E-state index contributed by atoms with van der Waals surface area (Å²) >= 11 is 0. The summed E-state index contributed by atoms with van der Waals surface area (Å²) in [4.78, 5) is 12.0. The van der Waals surface area contributed by atoms with Crippen molar-refractivity contribution in [1.82, 2.24) is 9.78 Å². The van der Waals surface area contributed by atoms with E-state index in [2.05, 4.69) is 10.4 Å². The third-order valence-corrected chi connectivity index (χ3v) is 3.24. The number of hydrogen-bond acceptors (Lipinski definition) is 3. The van der Waals surface area contributed by atoms with E-state index < -0.39 is 5.54 Å². The Morgan fingerprint density at radius 2 is 2.24 bits per heavy atom. The Morgan fingerprint density at radius 3 is 2.94 bits per heavy atom. The number of aliphatic hydroxyl groups excluding tert-OH is 1. The summed E-state index contributed by atoms with van der Waals surface area (Å²) in [5.74, 6) is -0.0925. The molecule has 17 heavy (non-hydrogen) atoms. The van der Waals surface area contributed by atoms with Gasteiger partial charge in [-0.1, -0.05) is 0 Å². The van der Waals surface area contributed by atoms with Crippen LogP contribution in [0.3, 0.4) is 0 Å². The summed E-state index contributed by atoms with van der Waals surface area (Å²) in [6, 6.07) is 3.67. The Kier molecular flexibility index (Phi) is 1.86. The second-order valence-electron chi connectivity index (χ2n) is 4.81. The van der Waals surface area contributed by atoms with Gasteiger partial charge in [0.25, 0.3) is 5.91 Å². The van der Waals surface area contributed by atoms with Crippen molar-refractivity contribution in [3.63, 3.8) is 0 Å². The summed E-state index contributed by atoms with van der Waals surface area (Å²) in [5, 5.41) is 17.2. The Labute approximate surface area is 98.0 Å². The van der Waals surface area contributed by atoms with Gasteiger partial charge >= 0.3 is 0 Å². The average molecular weight is 231 g/mol. The molecule has 2 aromatic rings. The van der Waals surface area contributed by atoms with Gasteiger partial charge in [0.1, 0.15) is 5.54 Å². The highest BCUT2D eigenvalue weighted by atomic mass is 16.3. The van der Waals surface area contributed by atoms with Crippen molar-refractivity contribution in [3.05, 3.63) is 23.9 Å². The molecular weight excluding hydrogens is 218 g/mol. The van der Waals surface area contributed by atoms with Gasteiger partial charge in [-0.2, -0.15) is 5.10 Å². The highest BCUT2D eigenvalue weighted by Crippen LogP contribution is 2.34. The van der Waals surface area contributed by atoms with Gasteiger partial charge < -0.3 is 10.4 Å². The lowest BCUT2D eigenvalue weighted by Crippen LogP contribution is -2.43. The van der Waals surface area contributed by atoms with E-state index in [0.717, 1.165) is 16.5 Å². The second-order valence-corrected chi connectivity index (χ2v) is 4.81. The second kappa shape index (κ2) is 3.07. The number of anilines is 1. The Morgan fingerprint density at radius 1 is 1.47 bits per heavy atom. The zero-order chi connectivity index (χ0) is 12.2. The molecule has 2 heterocycles. The monoisotopic (exact) mass is 231 g/mol. The van der Waals surface area contributed by atoms with Crippen molar-refractivity contribution < 1.29 is 9.90 Å². The van der Waals surface area contributed by atoms with Crippen LogP contribution in [0.1, 0.15) is 19.4 Å². The van der Waals surface area contributed by atoms with Crippen LogP contribution in [0.2, 0.25) is 0 Å². The number of carbonyl (C=O) groups excluding carboxylic acids is 1. The molecule has 2 N–H and O–H groups in total. The predicted octanol–water partition coefficient (Wildman–Crippen LogP) is 1.22. The molecule has 0 atom stereocenters. The molecule has 1 aromatic carbocycles. The first-order valence-electron chi connectivity index (χ1n) is 5.47. The zero-order valence-electron chi connectivity index (χ0n) is 9.69. The average Bonchev–Trinajstić information content (AvgIpc) is 2.71. The molecule has 3 rings (SSSR count). The molecule has 0 fully saturated rings.